The van der Waals surface area contributed by atoms with Crippen molar-refractivity contribution in [1.82, 2.24) is 19.9 Å². The molecular weight excluding hydrogens is 238 g/mol. The van der Waals surface area contributed by atoms with E-state index in [0.717, 1.165) is 17.1 Å². The fourth-order valence-electron chi connectivity index (χ4n) is 1.31. The van der Waals surface area contributed by atoms with Crippen molar-refractivity contribution < 1.29 is 0 Å². The Balaban J connectivity index is 2.04. The number of nitrogens with one attached hydrogen (secondary N) is 1. The van der Waals surface area contributed by atoms with Gasteiger partial charge in [0.15, 0.2) is 0 Å². The molecule has 2 aromatic heterocycles. The lowest BCUT2D eigenvalue weighted by Crippen LogP contribution is -2.05. The number of rotatable bonds is 3. The quantitative estimate of drug-likeness (QED) is 0.845. The van der Waals surface area contributed by atoms with Crippen LogP contribution in [-0.2, 0) is 6.54 Å². The van der Waals surface area contributed by atoms with Gasteiger partial charge in [-0.25, -0.2) is 9.97 Å². The summed E-state index contributed by atoms with van der Waals surface area (Å²) in [4.78, 5) is 16.5. The second-order valence-corrected chi connectivity index (χ2v) is 4.00. The third-order valence-corrected chi connectivity index (χ3v) is 2.28. The molecule has 0 aliphatic carbocycles. The van der Waals surface area contributed by atoms with Crippen molar-refractivity contribution >= 4 is 17.4 Å². The molecule has 0 aromatic carbocycles. The molecule has 0 fully saturated rings. The maximum atomic E-state index is 5.76. The van der Waals surface area contributed by atoms with E-state index in [2.05, 4.69) is 25.3 Å². The highest BCUT2D eigenvalue weighted by Crippen LogP contribution is 2.10. The van der Waals surface area contributed by atoms with Crippen molar-refractivity contribution in [3.63, 3.8) is 0 Å². The van der Waals surface area contributed by atoms with E-state index in [4.69, 9.17) is 11.6 Å². The van der Waals surface area contributed by atoms with Crippen LogP contribution in [0.5, 0.6) is 0 Å². The molecule has 0 atom stereocenters. The van der Waals surface area contributed by atoms with Gasteiger partial charge in [0.25, 0.3) is 0 Å². The molecule has 2 rings (SSSR count). The molecule has 0 aliphatic heterocycles. The predicted molar refractivity (Wildman–Crippen MR) is 65.9 cm³/mol. The molecule has 0 saturated heterocycles. The Morgan fingerprint density at radius 2 is 1.94 bits per heavy atom. The van der Waals surface area contributed by atoms with Crippen LogP contribution < -0.4 is 5.32 Å². The number of hydrogen-bond donors (Lipinski definition) is 1. The first-order valence-corrected chi connectivity index (χ1v) is 5.54. The summed E-state index contributed by atoms with van der Waals surface area (Å²) in [6, 6.07) is 1.83. The summed E-state index contributed by atoms with van der Waals surface area (Å²) in [5, 5.41) is 3.36. The molecule has 2 aromatic rings. The minimum Gasteiger partial charge on any atom is -0.364 e. The molecule has 0 amide bonds. The topological polar surface area (TPSA) is 63.6 Å². The van der Waals surface area contributed by atoms with Crippen molar-refractivity contribution in [2.75, 3.05) is 5.32 Å². The highest BCUT2D eigenvalue weighted by Gasteiger charge is 2.00. The summed E-state index contributed by atoms with van der Waals surface area (Å²) in [6.45, 7) is 4.32. The summed E-state index contributed by atoms with van der Waals surface area (Å²) < 4.78 is 0. The number of hydrogen-bond acceptors (Lipinski definition) is 5. The zero-order valence-electron chi connectivity index (χ0n) is 9.61. The number of nitrogens with zero attached hydrogens (tertiary/aromatic N) is 4. The predicted octanol–water partition coefficient (Wildman–Crippen LogP) is 2.15. The molecule has 0 aliphatic rings. The summed E-state index contributed by atoms with van der Waals surface area (Å²) >= 11 is 5.76. The average Bonchev–Trinajstić information content (AvgIpc) is 2.27. The van der Waals surface area contributed by atoms with E-state index in [1.807, 2.05) is 19.9 Å². The molecule has 88 valence electrons. The van der Waals surface area contributed by atoms with Crippen molar-refractivity contribution in [2.45, 2.75) is 20.4 Å². The maximum Gasteiger partial charge on any atom is 0.224 e. The highest BCUT2D eigenvalue weighted by atomic mass is 35.5. The maximum absolute atomic E-state index is 5.76. The van der Waals surface area contributed by atoms with E-state index < -0.39 is 0 Å². The lowest BCUT2D eigenvalue weighted by atomic mass is 10.4. The average molecular weight is 250 g/mol. The van der Waals surface area contributed by atoms with Crippen LogP contribution in [0.25, 0.3) is 0 Å². The van der Waals surface area contributed by atoms with E-state index in [1.54, 1.807) is 12.4 Å². The SMILES string of the molecule is Cc1cnc(CNc2cc(C)nc(Cl)n2)cn1. The fraction of sp³-hybridized carbons (Fsp3) is 0.273. The standard InChI is InChI=1S/C11H12ClN5/c1-7-3-10(17-11(12)16-7)15-6-9-5-13-8(2)4-14-9/h3-5H,6H2,1-2H3,(H,15,16,17). The van der Waals surface area contributed by atoms with Crippen LogP contribution >= 0.6 is 11.6 Å². The first kappa shape index (κ1) is 11.7. The van der Waals surface area contributed by atoms with Gasteiger partial charge in [-0.1, -0.05) is 0 Å². The third kappa shape index (κ3) is 3.35. The molecule has 0 bridgehead atoms. The summed E-state index contributed by atoms with van der Waals surface area (Å²) in [5.41, 5.74) is 2.57. The minimum absolute atomic E-state index is 0.238. The zero-order chi connectivity index (χ0) is 12.3. The molecule has 0 saturated carbocycles. The number of aromatic nitrogens is 4. The van der Waals surface area contributed by atoms with Crippen molar-refractivity contribution in [3.8, 4) is 0 Å². The van der Waals surface area contributed by atoms with Crippen molar-refractivity contribution in [3.05, 3.63) is 40.8 Å². The van der Waals surface area contributed by atoms with E-state index >= 15 is 0 Å². The van der Waals surface area contributed by atoms with E-state index in [-0.39, 0.29) is 5.28 Å². The van der Waals surface area contributed by atoms with Crippen LogP contribution in [0.1, 0.15) is 17.1 Å². The van der Waals surface area contributed by atoms with Crippen molar-refractivity contribution in [1.29, 1.82) is 0 Å². The van der Waals surface area contributed by atoms with Gasteiger partial charge in [-0.15, -0.1) is 0 Å². The second-order valence-electron chi connectivity index (χ2n) is 3.67. The largest absolute Gasteiger partial charge is 0.364 e. The molecule has 1 N–H and O–H groups in total. The first-order valence-electron chi connectivity index (χ1n) is 5.16. The monoisotopic (exact) mass is 249 g/mol. The van der Waals surface area contributed by atoms with Gasteiger partial charge in [-0.3, -0.25) is 9.97 Å². The lowest BCUT2D eigenvalue weighted by Gasteiger charge is -2.05. The minimum atomic E-state index is 0.238. The zero-order valence-corrected chi connectivity index (χ0v) is 10.4. The number of anilines is 1. The summed E-state index contributed by atoms with van der Waals surface area (Å²) in [5.74, 6) is 0.685. The van der Waals surface area contributed by atoms with E-state index in [1.165, 1.54) is 0 Å². The molecular formula is C11H12ClN5. The van der Waals surface area contributed by atoms with Gasteiger partial charge in [0.2, 0.25) is 5.28 Å². The van der Waals surface area contributed by atoms with Gasteiger partial charge >= 0.3 is 0 Å². The second kappa shape index (κ2) is 5.05. The normalized spacial score (nSPS) is 10.3. The Bertz CT molecular complexity index is 492. The van der Waals surface area contributed by atoms with Gasteiger partial charge in [-0.2, -0.15) is 0 Å². The van der Waals surface area contributed by atoms with Crippen LogP contribution in [-0.4, -0.2) is 19.9 Å². The van der Waals surface area contributed by atoms with Crippen LogP contribution in [0.15, 0.2) is 18.5 Å². The molecule has 17 heavy (non-hydrogen) atoms. The van der Waals surface area contributed by atoms with Crippen LogP contribution in [0.3, 0.4) is 0 Å². The van der Waals surface area contributed by atoms with Crippen LogP contribution in [0.2, 0.25) is 5.28 Å². The van der Waals surface area contributed by atoms with E-state index in [9.17, 15) is 0 Å². The van der Waals surface area contributed by atoms with Gasteiger partial charge in [0, 0.05) is 18.0 Å². The summed E-state index contributed by atoms with van der Waals surface area (Å²) in [6.07, 6.45) is 3.47. The Kier molecular flexibility index (Phi) is 3.49. The fourth-order valence-corrected chi connectivity index (χ4v) is 1.54. The van der Waals surface area contributed by atoms with E-state index in [0.29, 0.717) is 12.4 Å². The Labute approximate surface area is 104 Å². The Morgan fingerprint density at radius 1 is 1.12 bits per heavy atom. The molecule has 0 unspecified atom stereocenters. The third-order valence-electron chi connectivity index (χ3n) is 2.11. The molecule has 6 heteroatoms. The summed E-state index contributed by atoms with van der Waals surface area (Å²) in [7, 11) is 0. The molecule has 0 spiro atoms. The number of aryl methyl sites for hydroxylation is 2. The Hall–Kier alpha value is -1.75. The first-order chi connectivity index (χ1) is 8.13. The smallest absolute Gasteiger partial charge is 0.224 e. The van der Waals surface area contributed by atoms with Crippen LogP contribution in [0, 0.1) is 13.8 Å². The van der Waals surface area contributed by atoms with Gasteiger partial charge in [0.1, 0.15) is 5.82 Å². The van der Waals surface area contributed by atoms with Crippen LogP contribution in [0.4, 0.5) is 5.82 Å². The van der Waals surface area contributed by atoms with Gasteiger partial charge in [0.05, 0.1) is 24.1 Å². The highest BCUT2D eigenvalue weighted by molar-refractivity contribution is 6.28. The van der Waals surface area contributed by atoms with Crippen molar-refractivity contribution in [2.24, 2.45) is 0 Å². The molecule has 2 heterocycles. The molecule has 5 nitrogen and oxygen atoms in total. The van der Waals surface area contributed by atoms with Gasteiger partial charge < -0.3 is 5.32 Å². The van der Waals surface area contributed by atoms with Gasteiger partial charge in [-0.05, 0) is 25.4 Å². The lowest BCUT2D eigenvalue weighted by molar-refractivity contribution is 0.969. The molecule has 0 radical (unpaired) electrons. The number of halogens is 1. The Morgan fingerprint density at radius 3 is 2.59 bits per heavy atom.